The molecule has 0 aliphatic carbocycles. The van der Waals surface area contributed by atoms with E-state index in [1.165, 1.54) is 24.3 Å². The van der Waals surface area contributed by atoms with Gasteiger partial charge >= 0.3 is 5.97 Å². The Bertz CT molecular complexity index is 1200. The molecule has 0 N–H and O–H groups in total. The van der Waals surface area contributed by atoms with Crippen LogP contribution in [0.25, 0.3) is 0 Å². The standard InChI is InChI=1S/C22H13ClN2O5/c23-19-10-9-14(11-20(19)25(28)29)21(26)17-7-3-4-8-18(17)22(27)30-13-16-6-2-1-5-15(16)12-24/h1-11H,13H2. The average molecular weight is 421 g/mol. The van der Waals surface area contributed by atoms with Gasteiger partial charge in [0.1, 0.15) is 11.6 Å². The predicted molar refractivity (Wildman–Crippen MR) is 108 cm³/mol. The summed E-state index contributed by atoms with van der Waals surface area (Å²) in [5.41, 5.74) is 0.563. The maximum Gasteiger partial charge on any atom is 0.339 e. The average Bonchev–Trinajstić information content (AvgIpc) is 2.77. The first-order chi connectivity index (χ1) is 14.4. The fourth-order valence-electron chi connectivity index (χ4n) is 2.78. The normalized spacial score (nSPS) is 10.1. The van der Waals surface area contributed by atoms with E-state index in [0.29, 0.717) is 11.1 Å². The number of hydrogen-bond donors (Lipinski definition) is 0. The van der Waals surface area contributed by atoms with Crippen LogP contribution in [0.3, 0.4) is 0 Å². The molecule has 0 radical (unpaired) electrons. The Labute approximate surface area is 176 Å². The van der Waals surface area contributed by atoms with Crippen molar-refractivity contribution in [3.05, 3.63) is 110 Å². The molecule has 148 valence electrons. The lowest BCUT2D eigenvalue weighted by atomic mass is 9.98. The summed E-state index contributed by atoms with van der Waals surface area (Å²) in [5.74, 6) is -1.34. The molecule has 0 aromatic heterocycles. The smallest absolute Gasteiger partial charge is 0.339 e. The number of nitro benzene ring substituents is 1. The number of carbonyl (C=O) groups excluding carboxylic acids is 2. The third-order valence-corrected chi connectivity index (χ3v) is 4.61. The summed E-state index contributed by atoms with van der Waals surface area (Å²) in [6.45, 7) is -0.141. The van der Waals surface area contributed by atoms with E-state index in [4.69, 9.17) is 21.6 Å². The largest absolute Gasteiger partial charge is 0.457 e. The zero-order chi connectivity index (χ0) is 21.7. The van der Waals surface area contributed by atoms with Crippen LogP contribution in [-0.2, 0) is 11.3 Å². The lowest BCUT2D eigenvalue weighted by Gasteiger charge is -2.10. The number of carbonyl (C=O) groups is 2. The van der Waals surface area contributed by atoms with Gasteiger partial charge in [0, 0.05) is 22.8 Å². The van der Waals surface area contributed by atoms with Crippen LogP contribution in [0.15, 0.2) is 66.7 Å². The summed E-state index contributed by atoms with van der Waals surface area (Å²) in [4.78, 5) is 35.9. The van der Waals surface area contributed by atoms with E-state index in [9.17, 15) is 19.7 Å². The van der Waals surface area contributed by atoms with Gasteiger partial charge in [-0.05, 0) is 24.3 Å². The number of hydrogen-bond acceptors (Lipinski definition) is 6. The molecule has 0 spiro atoms. The van der Waals surface area contributed by atoms with Gasteiger partial charge in [-0.1, -0.05) is 48.0 Å². The van der Waals surface area contributed by atoms with Gasteiger partial charge in [0.05, 0.1) is 22.1 Å². The van der Waals surface area contributed by atoms with Gasteiger partial charge in [-0.3, -0.25) is 14.9 Å². The highest BCUT2D eigenvalue weighted by molar-refractivity contribution is 6.33. The SMILES string of the molecule is N#Cc1ccccc1COC(=O)c1ccccc1C(=O)c1ccc(Cl)c([N+](=O)[O-])c1. The maximum atomic E-state index is 12.9. The van der Waals surface area contributed by atoms with Crippen molar-refractivity contribution in [3.8, 4) is 6.07 Å². The second-order valence-electron chi connectivity index (χ2n) is 6.14. The van der Waals surface area contributed by atoms with Crippen LogP contribution in [0.5, 0.6) is 0 Å². The highest BCUT2D eigenvalue weighted by atomic mass is 35.5. The Balaban J connectivity index is 1.88. The molecular formula is C22H13ClN2O5. The van der Waals surface area contributed by atoms with Crippen LogP contribution in [0, 0.1) is 21.4 Å². The van der Waals surface area contributed by atoms with Gasteiger partial charge in [0.2, 0.25) is 0 Å². The molecule has 7 nitrogen and oxygen atoms in total. The monoisotopic (exact) mass is 420 g/mol. The molecular weight excluding hydrogens is 408 g/mol. The van der Waals surface area contributed by atoms with Crippen molar-refractivity contribution in [2.75, 3.05) is 0 Å². The van der Waals surface area contributed by atoms with Crippen molar-refractivity contribution in [1.82, 2.24) is 0 Å². The number of ketones is 1. The van der Waals surface area contributed by atoms with Crippen LogP contribution >= 0.6 is 11.6 Å². The molecule has 0 atom stereocenters. The Morgan fingerprint density at radius 2 is 1.70 bits per heavy atom. The molecule has 8 heteroatoms. The highest BCUT2D eigenvalue weighted by Gasteiger charge is 2.22. The highest BCUT2D eigenvalue weighted by Crippen LogP contribution is 2.27. The topological polar surface area (TPSA) is 110 Å². The van der Waals surface area contributed by atoms with Gasteiger partial charge < -0.3 is 4.74 Å². The molecule has 0 unspecified atom stereocenters. The fourth-order valence-corrected chi connectivity index (χ4v) is 2.97. The number of ether oxygens (including phenoxy) is 1. The van der Waals surface area contributed by atoms with E-state index in [0.717, 1.165) is 6.07 Å². The summed E-state index contributed by atoms with van der Waals surface area (Å²) in [5, 5.41) is 20.1. The second kappa shape index (κ2) is 8.99. The minimum atomic E-state index is -0.754. The van der Waals surface area contributed by atoms with Gasteiger partial charge in [-0.2, -0.15) is 5.26 Å². The number of nitro groups is 1. The van der Waals surface area contributed by atoms with E-state index in [1.54, 1.807) is 36.4 Å². The Hall–Kier alpha value is -4.02. The first-order valence-corrected chi connectivity index (χ1v) is 9.03. The predicted octanol–water partition coefficient (Wildman–Crippen LogP) is 4.71. The zero-order valence-corrected chi connectivity index (χ0v) is 16.1. The first-order valence-electron chi connectivity index (χ1n) is 8.65. The van der Waals surface area contributed by atoms with Crippen molar-refractivity contribution in [2.45, 2.75) is 6.61 Å². The third kappa shape index (κ3) is 4.35. The molecule has 3 aromatic rings. The van der Waals surface area contributed by atoms with Gasteiger partial charge in [-0.25, -0.2) is 4.79 Å². The van der Waals surface area contributed by atoms with Crippen LogP contribution in [0.1, 0.15) is 37.4 Å². The Kier molecular flexibility index (Phi) is 6.20. The molecule has 30 heavy (non-hydrogen) atoms. The van der Waals surface area contributed by atoms with Gasteiger partial charge in [-0.15, -0.1) is 0 Å². The summed E-state index contributed by atoms with van der Waals surface area (Å²) in [6, 6.07) is 18.4. The van der Waals surface area contributed by atoms with E-state index < -0.39 is 22.4 Å². The molecule has 0 fully saturated rings. The lowest BCUT2D eigenvalue weighted by molar-refractivity contribution is -0.384. The number of nitrogens with zero attached hydrogens (tertiary/aromatic N) is 2. The van der Waals surface area contributed by atoms with Crippen molar-refractivity contribution < 1.29 is 19.2 Å². The fraction of sp³-hybridized carbons (Fsp3) is 0.0455. The van der Waals surface area contributed by atoms with Gasteiger partial charge in [0.25, 0.3) is 5.69 Å². The van der Waals surface area contributed by atoms with Crippen molar-refractivity contribution in [2.24, 2.45) is 0 Å². The molecule has 0 heterocycles. The molecule has 3 rings (SSSR count). The lowest BCUT2D eigenvalue weighted by Crippen LogP contribution is -2.13. The van der Waals surface area contributed by atoms with Crippen LogP contribution < -0.4 is 0 Å². The van der Waals surface area contributed by atoms with Crippen LogP contribution in [0.4, 0.5) is 5.69 Å². The van der Waals surface area contributed by atoms with E-state index in [1.807, 2.05) is 6.07 Å². The molecule has 0 amide bonds. The number of nitriles is 1. The summed E-state index contributed by atoms with van der Waals surface area (Å²) in [6.07, 6.45) is 0. The molecule has 0 saturated carbocycles. The number of benzene rings is 3. The van der Waals surface area contributed by atoms with Crippen molar-refractivity contribution in [1.29, 1.82) is 5.26 Å². The van der Waals surface area contributed by atoms with E-state index >= 15 is 0 Å². The Morgan fingerprint density at radius 3 is 2.40 bits per heavy atom. The van der Waals surface area contributed by atoms with Crippen LogP contribution in [-0.4, -0.2) is 16.7 Å². The maximum absolute atomic E-state index is 12.9. The third-order valence-electron chi connectivity index (χ3n) is 4.29. The minimum Gasteiger partial charge on any atom is -0.457 e. The van der Waals surface area contributed by atoms with Crippen molar-refractivity contribution in [3.63, 3.8) is 0 Å². The number of esters is 1. The second-order valence-corrected chi connectivity index (χ2v) is 6.55. The summed E-state index contributed by atoms with van der Waals surface area (Å²) >= 11 is 5.80. The zero-order valence-electron chi connectivity index (χ0n) is 15.4. The van der Waals surface area contributed by atoms with E-state index in [-0.39, 0.29) is 28.3 Å². The van der Waals surface area contributed by atoms with Gasteiger partial charge in [0.15, 0.2) is 5.78 Å². The molecule has 0 bridgehead atoms. The molecule has 0 aliphatic heterocycles. The molecule has 0 aliphatic rings. The molecule has 3 aromatic carbocycles. The molecule has 0 saturated heterocycles. The quantitative estimate of drug-likeness (QED) is 0.247. The Morgan fingerprint density at radius 1 is 1.03 bits per heavy atom. The van der Waals surface area contributed by atoms with E-state index in [2.05, 4.69) is 0 Å². The van der Waals surface area contributed by atoms with Crippen molar-refractivity contribution >= 4 is 29.0 Å². The summed E-state index contributed by atoms with van der Waals surface area (Å²) < 4.78 is 5.29. The first kappa shape index (κ1) is 20.7. The van der Waals surface area contributed by atoms with Crippen LogP contribution in [0.2, 0.25) is 5.02 Å². The number of halogens is 1. The summed E-state index contributed by atoms with van der Waals surface area (Å²) in [7, 11) is 0. The minimum absolute atomic E-state index is 0.00884. The number of rotatable bonds is 6.